The minimum Gasteiger partial charge on any atom is -0.312 e. The van der Waals surface area contributed by atoms with Crippen molar-refractivity contribution in [3.05, 3.63) is 0 Å². The molecule has 1 aliphatic heterocycles. The first kappa shape index (κ1) is 10.9. The Morgan fingerprint density at radius 3 is 2.85 bits per heavy atom. The van der Waals surface area contributed by atoms with Gasteiger partial charge in [-0.25, -0.2) is 4.72 Å². The third-order valence-electron chi connectivity index (χ3n) is 2.00. The smallest absolute Gasteiger partial charge is 0.279 e. The van der Waals surface area contributed by atoms with Crippen molar-refractivity contribution in [2.24, 2.45) is 0 Å². The lowest BCUT2D eigenvalue weighted by Gasteiger charge is -2.30. The second-order valence-electron chi connectivity index (χ2n) is 3.22. The molecule has 0 aromatic heterocycles. The van der Waals surface area contributed by atoms with Crippen molar-refractivity contribution >= 4 is 10.2 Å². The number of hydrogen-bond acceptors (Lipinski definition) is 3. The topological polar surface area (TPSA) is 61.4 Å². The van der Waals surface area contributed by atoms with E-state index in [9.17, 15) is 8.42 Å². The van der Waals surface area contributed by atoms with Gasteiger partial charge in [0.25, 0.3) is 10.2 Å². The molecule has 0 spiro atoms. The SMILES string of the molecule is CCNS(=O)(=O)N1CCNC(C)C1. The number of piperazine rings is 1. The quantitative estimate of drug-likeness (QED) is 0.633. The highest BCUT2D eigenvalue weighted by Gasteiger charge is 2.25. The average Bonchev–Trinajstić information content (AvgIpc) is 2.04. The van der Waals surface area contributed by atoms with Crippen molar-refractivity contribution in [2.75, 3.05) is 26.2 Å². The van der Waals surface area contributed by atoms with Gasteiger partial charge >= 0.3 is 0 Å². The van der Waals surface area contributed by atoms with Gasteiger partial charge in [0.2, 0.25) is 0 Å². The van der Waals surface area contributed by atoms with Crippen LogP contribution in [0.4, 0.5) is 0 Å². The van der Waals surface area contributed by atoms with Gasteiger partial charge in [-0.05, 0) is 6.92 Å². The highest BCUT2D eigenvalue weighted by molar-refractivity contribution is 7.87. The van der Waals surface area contributed by atoms with Crippen LogP contribution in [0.1, 0.15) is 13.8 Å². The summed E-state index contributed by atoms with van der Waals surface area (Å²) >= 11 is 0. The second kappa shape index (κ2) is 4.36. The van der Waals surface area contributed by atoms with Crippen molar-refractivity contribution in [2.45, 2.75) is 19.9 Å². The second-order valence-corrected chi connectivity index (χ2v) is 4.97. The van der Waals surface area contributed by atoms with E-state index in [-0.39, 0.29) is 6.04 Å². The van der Waals surface area contributed by atoms with Crippen LogP contribution in [0.3, 0.4) is 0 Å². The lowest BCUT2D eigenvalue weighted by molar-refractivity contribution is 0.307. The van der Waals surface area contributed by atoms with Crippen LogP contribution in [-0.4, -0.2) is 44.9 Å². The molecule has 0 aromatic carbocycles. The molecule has 1 aliphatic rings. The Morgan fingerprint density at radius 2 is 2.31 bits per heavy atom. The van der Waals surface area contributed by atoms with Gasteiger partial charge in [0.15, 0.2) is 0 Å². The summed E-state index contributed by atoms with van der Waals surface area (Å²) in [5.74, 6) is 0. The third kappa shape index (κ3) is 2.91. The number of rotatable bonds is 3. The molecule has 0 radical (unpaired) electrons. The van der Waals surface area contributed by atoms with E-state index in [4.69, 9.17) is 0 Å². The Balaban J connectivity index is 2.60. The van der Waals surface area contributed by atoms with Crippen molar-refractivity contribution in [1.29, 1.82) is 0 Å². The van der Waals surface area contributed by atoms with Gasteiger partial charge in [-0.3, -0.25) is 0 Å². The van der Waals surface area contributed by atoms with E-state index >= 15 is 0 Å². The summed E-state index contributed by atoms with van der Waals surface area (Å²) < 4.78 is 27.0. The van der Waals surface area contributed by atoms with Crippen molar-refractivity contribution < 1.29 is 8.42 Å². The molecule has 0 aromatic rings. The molecular formula is C7H17N3O2S. The summed E-state index contributed by atoms with van der Waals surface area (Å²) in [6, 6.07) is 0.238. The van der Waals surface area contributed by atoms with Crippen molar-refractivity contribution in [1.82, 2.24) is 14.3 Å². The van der Waals surface area contributed by atoms with E-state index in [2.05, 4.69) is 10.0 Å². The minimum atomic E-state index is -3.22. The molecule has 0 amide bonds. The highest BCUT2D eigenvalue weighted by Crippen LogP contribution is 2.03. The highest BCUT2D eigenvalue weighted by atomic mass is 32.2. The summed E-state index contributed by atoms with van der Waals surface area (Å²) in [6.45, 7) is 6.04. The molecule has 5 nitrogen and oxygen atoms in total. The van der Waals surface area contributed by atoms with E-state index < -0.39 is 10.2 Å². The molecule has 1 rings (SSSR count). The van der Waals surface area contributed by atoms with Gasteiger partial charge < -0.3 is 5.32 Å². The van der Waals surface area contributed by atoms with Gasteiger partial charge in [0.05, 0.1) is 0 Å². The fourth-order valence-corrected chi connectivity index (χ4v) is 2.69. The number of nitrogens with one attached hydrogen (secondary N) is 2. The predicted molar refractivity (Wildman–Crippen MR) is 51.6 cm³/mol. The molecule has 6 heteroatoms. The normalized spacial score (nSPS) is 26.2. The number of hydrogen-bond donors (Lipinski definition) is 2. The first-order valence-electron chi connectivity index (χ1n) is 4.54. The van der Waals surface area contributed by atoms with Crippen LogP contribution in [0.25, 0.3) is 0 Å². The summed E-state index contributed by atoms with van der Waals surface area (Å²) in [7, 11) is -3.22. The molecule has 13 heavy (non-hydrogen) atoms. The van der Waals surface area contributed by atoms with Gasteiger partial charge in [-0.15, -0.1) is 0 Å². The van der Waals surface area contributed by atoms with Crippen molar-refractivity contribution in [3.63, 3.8) is 0 Å². The zero-order valence-corrected chi connectivity index (χ0v) is 8.89. The van der Waals surface area contributed by atoms with Gasteiger partial charge in [-0.2, -0.15) is 12.7 Å². The molecule has 1 heterocycles. The van der Waals surface area contributed by atoms with Crippen molar-refractivity contribution in [3.8, 4) is 0 Å². The summed E-state index contributed by atoms with van der Waals surface area (Å²) in [5, 5.41) is 3.19. The molecule has 2 N–H and O–H groups in total. The summed E-state index contributed by atoms with van der Waals surface area (Å²) in [4.78, 5) is 0. The van der Waals surface area contributed by atoms with Gasteiger partial charge in [0, 0.05) is 32.2 Å². The van der Waals surface area contributed by atoms with Crippen LogP contribution in [0.15, 0.2) is 0 Å². The van der Waals surface area contributed by atoms with E-state index in [1.165, 1.54) is 4.31 Å². The van der Waals surface area contributed by atoms with Gasteiger partial charge in [-0.1, -0.05) is 6.92 Å². The van der Waals surface area contributed by atoms with Crippen LogP contribution in [-0.2, 0) is 10.2 Å². The Morgan fingerprint density at radius 1 is 1.62 bits per heavy atom. The monoisotopic (exact) mass is 207 g/mol. The largest absolute Gasteiger partial charge is 0.312 e. The van der Waals surface area contributed by atoms with E-state index in [0.29, 0.717) is 19.6 Å². The third-order valence-corrected chi connectivity index (χ3v) is 3.66. The van der Waals surface area contributed by atoms with Crippen LogP contribution in [0, 0.1) is 0 Å². The van der Waals surface area contributed by atoms with Crippen LogP contribution in [0.5, 0.6) is 0 Å². The summed E-state index contributed by atoms with van der Waals surface area (Å²) in [6.07, 6.45) is 0. The molecule has 1 saturated heterocycles. The Kier molecular flexibility index (Phi) is 3.66. The fraction of sp³-hybridized carbons (Fsp3) is 1.00. The van der Waals surface area contributed by atoms with Crippen LogP contribution < -0.4 is 10.0 Å². The lowest BCUT2D eigenvalue weighted by Crippen LogP contribution is -2.54. The lowest BCUT2D eigenvalue weighted by atomic mass is 10.3. The molecule has 1 fully saturated rings. The Labute approximate surface area is 79.7 Å². The molecule has 0 saturated carbocycles. The maximum Gasteiger partial charge on any atom is 0.279 e. The first-order chi connectivity index (χ1) is 6.06. The van der Waals surface area contributed by atoms with Gasteiger partial charge in [0.1, 0.15) is 0 Å². The zero-order chi connectivity index (χ0) is 9.90. The molecule has 0 aliphatic carbocycles. The zero-order valence-electron chi connectivity index (χ0n) is 8.08. The molecule has 1 unspecified atom stereocenters. The summed E-state index contributed by atoms with van der Waals surface area (Å²) in [5.41, 5.74) is 0. The molecule has 0 bridgehead atoms. The maximum absolute atomic E-state index is 11.5. The Hall–Kier alpha value is -0.170. The van der Waals surface area contributed by atoms with E-state index in [1.54, 1.807) is 6.92 Å². The Bertz CT molecular complexity index is 252. The minimum absolute atomic E-state index is 0.238. The standard InChI is InChI=1S/C7H17N3O2S/c1-3-9-13(11,12)10-5-4-8-7(2)6-10/h7-9H,3-6H2,1-2H3. The molecule has 78 valence electrons. The predicted octanol–water partition coefficient (Wildman–Crippen LogP) is -0.866. The fourth-order valence-electron chi connectivity index (χ4n) is 1.39. The number of nitrogens with zero attached hydrogens (tertiary/aromatic N) is 1. The molecule has 1 atom stereocenters. The van der Waals surface area contributed by atoms with E-state index in [0.717, 1.165) is 6.54 Å². The van der Waals surface area contributed by atoms with Crippen LogP contribution in [0.2, 0.25) is 0 Å². The van der Waals surface area contributed by atoms with Crippen LogP contribution >= 0.6 is 0 Å². The first-order valence-corrected chi connectivity index (χ1v) is 5.98. The maximum atomic E-state index is 11.5. The molecular weight excluding hydrogens is 190 g/mol. The average molecular weight is 207 g/mol. The van der Waals surface area contributed by atoms with E-state index in [1.807, 2.05) is 6.92 Å².